The van der Waals surface area contributed by atoms with Crippen molar-refractivity contribution in [1.82, 2.24) is 9.88 Å². The van der Waals surface area contributed by atoms with E-state index in [4.69, 9.17) is 14.2 Å². The van der Waals surface area contributed by atoms with Gasteiger partial charge in [-0.1, -0.05) is 0 Å². The zero-order valence-corrected chi connectivity index (χ0v) is 19.9. The van der Waals surface area contributed by atoms with Gasteiger partial charge in [-0.15, -0.1) is 0 Å². The van der Waals surface area contributed by atoms with Gasteiger partial charge in [0.2, 0.25) is 11.8 Å². The Hall–Kier alpha value is -4.01. The summed E-state index contributed by atoms with van der Waals surface area (Å²) in [4.78, 5) is 45.1. The lowest BCUT2D eigenvalue weighted by atomic mass is 10.0. The molecular formula is C26H27N3O6. The summed E-state index contributed by atoms with van der Waals surface area (Å²) in [7, 11) is 4.46. The van der Waals surface area contributed by atoms with Crippen LogP contribution in [0.1, 0.15) is 28.0 Å². The highest BCUT2D eigenvalue weighted by atomic mass is 16.5. The Morgan fingerprint density at radius 3 is 2.57 bits per heavy atom. The summed E-state index contributed by atoms with van der Waals surface area (Å²) in [5.74, 6) is 0.155. The molecule has 0 saturated carbocycles. The molecule has 3 heterocycles. The molecule has 1 aromatic heterocycles. The van der Waals surface area contributed by atoms with Crippen LogP contribution in [0.2, 0.25) is 0 Å². The molecule has 0 aliphatic carbocycles. The lowest BCUT2D eigenvalue weighted by Crippen LogP contribution is -2.40. The monoisotopic (exact) mass is 477 g/mol. The minimum Gasteiger partial charge on any atom is -0.493 e. The van der Waals surface area contributed by atoms with E-state index in [9.17, 15) is 14.4 Å². The van der Waals surface area contributed by atoms with Gasteiger partial charge in [0.1, 0.15) is 0 Å². The number of ether oxygens (including phenoxy) is 3. The number of nitrogens with one attached hydrogen (secondary N) is 1. The first kappa shape index (κ1) is 22.8. The van der Waals surface area contributed by atoms with E-state index in [0.717, 1.165) is 22.2 Å². The Morgan fingerprint density at radius 1 is 1.03 bits per heavy atom. The van der Waals surface area contributed by atoms with Crippen molar-refractivity contribution in [2.45, 2.75) is 19.4 Å². The molecule has 1 N–H and O–H groups in total. The van der Waals surface area contributed by atoms with Crippen LogP contribution in [0, 0.1) is 5.92 Å². The number of hydrogen-bond acceptors (Lipinski definition) is 6. The van der Waals surface area contributed by atoms with E-state index in [-0.39, 0.29) is 18.2 Å². The smallest absolute Gasteiger partial charge is 0.337 e. The summed E-state index contributed by atoms with van der Waals surface area (Å²) in [5.41, 5.74) is 4.15. The van der Waals surface area contributed by atoms with Crippen molar-refractivity contribution in [2.75, 3.05) is 39.3 Å². The van der Waals surface area contributed by atoms with E-state index in [1.807, 2.05) is 17.0 Å². The second-order valence-corrected chi connectivity index (χ2v) is 8.79. The van der Waals surface area contributed by atoms with Crippen LogP contribution < -0.4 is 14.4 Å². The lowest BCUT2D eigenvalue weighted by Gasteiger charge is -2.29. The number of benzene rings is 2. The molecule has 0 radical (unpaired) electrons. The topological polar surface area (TPSA) is 101 Å². The first-order chi connectivity index (χ1) is 16.9. The molecule has 1 saturated heterocycles. The van der Waals surface area contributed by atoms with Crippen molar-refractivity contribution in [1.29, 1.82) is 0 Å². The van der Waals surface area contributed by atoms with Gasteiger partial charge in [-0.3, -0.25) is 9.59 Å². The number of carbonyl (C=O) groups excluding carboxylic acids is 3. The Labute approximate surface area is 202 Å². The van der Waals surface area contributed by atoms with Crippen molar-refractivity contribution in [3.8, 4) is 11.5 Å². The van der Waals surface area contributed by atoms with Crippen LogP contribution in [0.5, 0.6) is 11.5 Å². The van der Waals surface area contributed by atoms with Crippen molar-refractivity contribution in [3.05, 3.63) is 53.2 Å². The highest BCUT2D eigenvalue weighted by molar-refractivity contribution is 6.01. The van der Waals surface area contributed by atoms with Gasteiger partial charge in [-0.2, -0.15) is 0 Å². The molecule has 1 unspecified atom stereocenters. The Bertz CT molecular complexity index is 1330. The van der Waals surface area contributed by atoms with Gasteiger partial charge in [0.25, 0.3) is 0 Å². The maximum absolute atomic E-state index is 13.5. The largest absolute Gasteiger partial charge is 0.493 e. The summed E-state index contributed by atoms with van der Waals surface area (Å²) in [5, 5.41) is 0.912. The summed E-state index contributed by atoms with van der Waals surface area (Å²) in [6, 6.07) is 10.7. The average molecular weight is 478 g/mol. The predicted molar refractivity (Wildman–Crippen MR) is 129 cm³/mol. The van der Waals surface area contributed by atoms with Gasteiger partial charge in [0.15, 0.2) is 11.5 Å². The quantitative estimate of drug-likeness (QED) is 0.567. The fourth-order valence-electron chi connectivity index (χ4n) is 5.02. The van der Waals surface area contributed by atoms with Crippen LogP contribution in [-0.2, 0) is 27.3 Å². The van der Waals surface area contributed by atoms with Crippen LogP contribution in [-0.4, -0.2) is 62.1 Å². The van der Waals surface area contributed by atoms with Gasteiger partial charge in [-0.25, -0.2) is 4.79 Å². The van der Waals surface area contributed by atoms with Crippen molar-refractivity contribution in [2.24, 2.45) is 5.92 Å². The van der Waals surface area contributed by atoms with E-state index in [2.05, 4.69) is 4.98 Å². The molecule has 1 fully saturated rings. The SMILES string of the molecule is COC(=O)c1ccc2[nH]c3c(c2c1)CN(C(=O)C1CC(=O)N(c2ccc(OC)c(OC)c2)C1)CC3. The number of anilines is 1. The molecule has 9 heteroatoms. The fraction of sp³-hybridized carbons (Fsp3) is 0.346. The molecule has 5 rings (SSSR count). The summed E-state index contributed by atoms with van der Waals surface area (Å²) in [6.45, 7) is 1.32. The van der Waals surface area contributed by atoms with Crippen LogP contribution in [0.4, 0.5) is 5.69 Å². The fourth-order valence-corrected chi connectivity index (χ4v) is 5.02. The van der Waals surface area contributed by atoms with E-state index in [1.165, 1.54) is 7.11 Å². The number of rotatable bonds is 5. The first-order valence-corrected chi connectivity index (χ1v) is 11.5. The zero-order chi connectivity index (χ0) is 24.7. The standard InChI is InChI=1S/C26H27N3O6/c1-33-22-7-5-17(12-23(22)34-2)29-13-16(11-24(29)30)25(31)28-9-8-21-19(14-28)18-10-15(26(32)35-3)4-6-20(18)27-21/h4-7,10,12,16,27H,8-9,11,13-14H2,1-3H3. The van der Waals surface area contributed by atoms with Crippen LogP contribution in [0.25, 0.3) is 10.9 Å². The Balaban J connectivity index is 1.35. The molecule has 2 aromatic carbocycles. The summed E-state index contributed by atoms with van der Waals surface area (Å²) in [6.07, 6.45) is 0.847. The minimum atomic E-state index is -0.423. The van der Waals surface area contributed by atoms with E-state index in [1.54, 1.807) is 43.4 Å². The van der Waals surface area contributed by atoms with Crippen molar-refractivity contribution >= 4 is 34.4 Å². The number of aromatic amines is 1. The highest BCUT2D eigenvalue weighted by Crippen LogP contribution is 2.35. The average Bonchev–Trinajstić information content (AvgIpc) is 3.46. The molecule has 0 bridgehead atoms. The second kappa shape index (κ2) is 8.98. The number of esters is 1. The maximum Gasteiger partial charge on any atom is 0.337 e. The number of aromatic nitrogens is 1. The first-order valence-electron chi connectivity index (χ1n) is 11.5. The predicted octanol–water partition coefficient (Wildman–Crippen LogP) is 2.91. The van der Waals surface area contributed by atoms with Gasteiger partial charge < -0.3 is 29.0 Å². The lowest BCUT2D eigenvalue weighted by molar-refractivity contribution is -0.136. The molecule has 3 aromatic rings. The number of hydrogen-bond donors (Lipinski definition) is 1. The van der Waals surface area contributed by atoms with E-state index >= 15 is 0 Å². The van der Waals surface area contributed by atoms with Gasteiger partial charge in [-0.05, 0) is 30.3 Å². The summed E-state index contributed by atoms with van der Waals surface area (Å²) >= 11 is 0. The Kier molecular flexibility index (Phi) is 5.84. The molecule has 182 valence electrons. The van der Waals surface area contributed by atoms with Gasteiger partial charge >= 0.3 is 5.97 Å². The van der Waals surface area contributed by atoms with Crippen molar-refractivity contribution in [3.63, 3.8) is 0 Å². The second-order valence-electron chi connectivity index (χ2n) is 8.79. The van der Waals surface area contributed by atoms with E-state index in [0.29, 0.717) is 48.8 Å². The number of carbonyl (C=O) groups is 3. The number of H-pyrrole nitrogens is 1. The van der Waals surface area contributed by atoms with Crippen LogP contribution in [0.3, 0.4) is 0 Å². The van der Waals surface area contributed by atoms with Gasteiger partial charge in [0.05, 0.1) is 32.8 Å². The number of nitrogens with zero attached hydrogens (tertiary/aromatic N) is 2. The number of fused-ring (bicyclic) bond motifs is 3. The Morgan fingerprint density at radius 2 is 1.83 bits per heavy atom. The van der Waals surface area contributed by atoms with E-state index < -0.39 is 11.9 Å². The molecule has 2 amide bonds. The van der Waals surface area contributed by atoms with Crippen molar-refractivity contribution < 1.29 is 28.6 Å². The molecule has 1 atom stereocenters. The number of methoxy groups -OCH3 is 3. The molecule has 35 heavy (non-hydrogen) atoms. The molecule has 0 spiro atoms. The minimum absolute atomic E-state index is 0.0366. The summed E-state index contributed by atoms with van der Waals surface area (Å²) < 4.78 is 15.5. The van der Waals surface area contributed by atoms with Crippen LogP contribution >= 0.6 is 0 Å². The zero-order valence-electron chi connectivity index (χ0n) is 19.9. The highest BCUT2D eigenvalue weighted by Gasteiger charge is 2.38. The van der Waals surface area contributed by atoms with Gasteiger partial charge in [0, 0.05) is 66.4 Å². The normalized spacial score (nSPS) is 17.5. The number of amides is 2. The molecular weight excluding hydrogens is 450 g/mol. The third-order valence-corrected chi connectivity index (χ3v) is 6.86. The maximum atomic E-state index is 13.5. The van der Waals surface area contributed by atoms with Crippen LogP contribution in [0.15, 0.2) is 36.4 Å². The third kappa shape index (κ3) is 3.96. The molecule has 2 aliphatic heterocycles. The molecule has 9 nitrogen and oxygen atoms in total. The third-order valence-electron chi connectivity index (χ3n) is 6.86. The molecule has 2 aliphatic rings.